The lowest BCUT2D eigenvalue weighted by molar-refractivity contribution is 0.0955. The predicted octanol–water partition coefficient (Wildman–Crippen LogP) is 1.80. The molecule has 1 fully saturated rings. The van der Waals surface area contributed by atoms with Crippen molar-refractivity contribution < 1.29 is 9.53 Å². The Kier molecular flexibility index (Phi) is 4.31. The van der Waals surface area contributed by atoms with E-state index < -0.39 is 0 Å². The van der Waals surface area contributed by atoms with Crippen molar-refractivity contribution in [1.29, 1.82) is 0 Å². The van der Waals surface area contributed by atoms with Crippen LogP contribution in [0.1, 0.15) is 10.4 Å². The summed E-state index contributed by atoms with van der Waals surface area (Å²) in [6, 6.07) is 11.5. The second kappa shape index (κ2) is 6.75. The monoisotopic (exact) mass is 355 g/mol. The highest BCUT2D eigenvalue weighted by molar-refractivity contribution is 7.22. The number of nitrogen functional groups attached to an aromatic ring is 1. The lowest BCUT2D eigenvalue weighted by Crippen LogP contribution is -2.36. The van der Waals surface area contributed by atoms with Crippen LogP contribution in [0.25, 0.3) is 21.6 Å². The van der Waals surface area contributed by atoms with E-state index in [1.54, 1.807) is 6.07 Å². The summed E-state index contributed by atoms with van der Waals surface area (Å²) in [7, 11) is 0. The number of benzene rings is 1. The largest absolute Gasteiger partial charge is 0.378 e. The first kappa shape index (κ1) is 15.9. The van der Waals surface area contributed by atoms with Crippen molar-refractivity contribution in [2.75, 3.05) is 31.2 Å². The number of hydrogen-bond acceptors (Lipinski definition) is 7. The molecule has 0 spiro atoms. The molecule has 0 bridgehead atoms. The number of morpholine rings is 1. The van der Waals surface area contributed by atoms with Crippen LogP contribution in [0.4, 0.5) is 5.13 Å². The Balaban J connectivity index is 1.85. The number of nitrogens with two attached hydrogens (primary N) is 1. The van der Waals surface area contributed by atoms with Gasteiger partial charge in [-0.05, 0) is 6.07 Å². The third-order valence-electron chi connectivity index (χ3n) is 4.08. The van der Waals surface area contributed by atoms with Gasteiger partial charge in [0.1, 0.15) is 0 Å². The van der Waals surface area contributed by atoms with Gasteiger partial charge in [0.2, 0.25) is 0 Å². The maximum Gasteiger partial charge on any atom is 0.266 e. The maximum absolute atomic E-state index is 12.3. The first-order chi connectivity index (χ1) is 12.3. The Labute approximate surface area is 148 Å². The van der Waals surface area contributed by atoms with E-state index in [4.69, 9.17) is 10.6 Å². The molecule has 1 aliphatic heterocycles. The number of anilines is 1. The van der Waals surface area contributed by atoms with Crippen molar-refractivity contribution in [2.24, 2.45) is 5.84 Å². The second-order valence-electron chi connectivity index (χ2n) is 5.64. The van der Waals surface area contributed by atoms with Gasteiger partial charge in [-0.25, -0.2) is 10.8 Å². The van der Waals surface area contributed by atoms with Crippen molar-refractivity contribution in [1.82, 2.24) is 15.4 Å². The number of rotatable bonds is 3. The van der Waals surface area contributed by atoms with Crippen LogP contribution in [0.5, 0.6) is 0 Å². The lowest BCUT2D eigenvalue weighted by Gasteiger charge is -2.25. The zero-order valence-electron chi connectivity index (χ0n) is 13.4. The summed E-state index contributed by atoms with van der Waals surface area (Å²) in [5, 5.41) is 0.849. The van der Waals surface area contributed by atoms with Gasteiger partial charge in [-0.2, -0.15) is 4.98 Å². The normalized spacial score (nSPS) is 14.7. The molecule has 0 atom stereocenters. The summed E-state index contributed by atoms with van der Waals surface area (Å²) in [6.07, 6.45) is 0. The summed E-state index contributed by atoms with van der Waals surface area (Å²) >= 11 is 1.46. The Morgan fingerprint density at radius 1 is 1.20 bits per heavy atom. The smallest absolute Gasteiger partial charge is 0.266 e. The van der Waals surface area contributed by atoms with E-state index in [-0.39, 0.29) is 5.91 Å². The van der Waals surface area contributed by atoms with Gasteiger partial charge in [0.05, 0.1) is 29.2 Å². The number of ether oxygens (including phenoxy) is 1. The molecule has 7 nitrogen and oxygen atoms in total. The van der Waals surface area contributed by atoms with Crippen LogP contribution in [0.2, 0.25) is 0 Å². The summed E-state index contributed by atoms with van der Waals surface area (Å²) in [5.41, 5.74) is 4.90. The zero-order chi connectivity index (χ0) is 17.2. The Hall–Kier alpha value is -2.55. The van der Waals surface area contributed by atoms with Crippen LogP contribution in [-0.4, -0.2) is 42.2 Å². The van der Waals surface area contributed by atoms with Crippen LogP contribution < -0.4 is 16.2 Å². The molecule has 2 aromatic heterocycles. The number of fused-ring (bicyclic) bond motifs is 1. The first-order valence-electron chi connectivity index (χ1n) is 7.97. The van der Waals surface area contributed by atoms with E-state index in [1.165, 1.54) is 11.3 Å². The fourth-order valence-electron chi connectivity index (χ4n) is 2.79. The van der Waals surface area contributed by atoms with E-state index in [2.05, 4.69) is 20.3 Å². The topological polar surface area (TPSA) is 93.4 Å². The highest BCUT2D eigenvalue weighted by atomic mass is 32.1. The number of aromatic nitrogens is 2. The van der Waals surface area contributed by atoms with E-state index in [1.807, 2.05) is 30.3 Å². The van der Waals surface area contributed by atoms with E-state index >= 15 is 0 Å². The minimum atomic E-state index is -0.346. The van der Waals surface area contributed by atoms with Gasteiger partial charge in [-0.1, -0.05) is 41.7 Å². The quantitative estimate of drug-likeness (QED) is 0.423. The third-order valence-corrected chi connectivity index (χ3v) is 5.22. The van der Waals surface area contributed by atoms with E-state index in [9.17, 15) is 4.79 Å². The molecule has 1 aromatic carbocycles. The number of thiazole rings is 1. The molecular weight excluding hydrogens is 338 g/mol. The van der Waals surface area contributed by atoms with Gasteiger partial charge < -0.3 is 9.64 Å². The minimum Gasteiger partial charge on any atom is -0.378 e. The molecule has 4 rings (SSSR count). The predicted molar refractivity (Wildman–Crippen MR) is 97.5 cm³/mol. The van der Waals surface area contributed by atoms with Crippen LogP contribution in [0, 0.1) is 0 Å². The molecule has 0 radical (unpaired) electrons. The second-order valence-corrected chi connectivity index (χ2v) is 6.62. The van der Waals surface area contributed by atoms with Gasteiger partial charge in [0.15, 0.2) is 10.8 Å². The molecule has 1 saturated heterocycles. The van der Waals surface area contributed by atoms with Crippen LogP contribution >= 0.6 is 11.3 Å². The molecule has 128 valence electrons. The zero-order valence-corrected chi connectivity index (χ0v) is 14.3. The van der Waals surface area contributed by atoms with Crippen molar-refractivity contribution in [3.63, 3.8) is 0 Å². The number of nitrogens with one attached hydrogen (secondary N) is 1. The molecule has 3 N–H and O–H groups in total. The number of carbonyl (C=O) groups is 1. The van der Waals surface area contributed by atoms with Crippen molar-refractivity contribution in [2.45, 2.75) is 0 Å². The van der Waals surface area contributed by atoms with Crippen LogP contribution in [-0.2, 0) is 4.74 Å². The van der Waals surface area contributed by atoms with Crippen LogP contribution in [0.3, 0.4) is 0 Å². The molecule has 1 aliphatic rings. The van der Waals surface area contributed by atoms with Gasteiger partial charge in [0.25, 0.3) is 5.91 Å². The minimum absolute atomic E-state index is 0.346. The Bertz CT molecular complexity index is 906. The molecule has 1 amide bonds. The Morgan fingerprint density at radius 3 is 2.68 bits per heavy atom. The van der Waals surface area contributed by atoms with Crippen LogP contribution in [0.15, 0.2) is 36.4 Å². The van der Waals surface area contributed by atoms with Crippen molar-refractivity contribution in [3.8, 4) is 11.3 Å². The van der Waals surface area contributed by atoms with Gasteiger partial charge in [-0.15, -0.1) is 0 Å². The Morgan fingerprint density at radius 2 is 1.96 bits per heavy atom. The number of hydrazine groups is 1. The van der Waals surface area contributed by atoms with E-state index in [0.717, 1.165) is 28.5 Å². The number of nitrogens with zero attached hydrogens (tertiary/aromatic N) is 3. The molecule has 3 aromatic rings. The molecule has 3 heterocycles. The average molecular weight is 355 g/mol. The average Bonchev–Trinajstić information content (AvgIpc) is 3.12. The standard InChI is InChI=1S/C17H17N5O2S/c18-21-16(23)12-10-13(11-4-2-1-3-5-11)19-15-14(12)25-17(20-15)22-6-8-24-9-7-22/h1-5,10H,6-9,18H2,(H,21,23). The van der Waals surface area contributed by atoms with Gasteiger partial charge in [-0.3, -0.25) is 10.2 Å². The molecule has 8 heteroatoms. The highest BCUT2D eigenvalue weighted by Crippen LogP contribution is 2.33. The first-order valence-corrected chi connectivity index (χ1v) is 8.78. The third kappa shape index (κ3) is 3.07. The van der Waals surface area contributed by atoms with Crippen molar-refractivity contribution >= 4 is 32.7 Å². The number of amides is 1. The lowest BCUT2D eigenvalue weighted by atomic mass is 10.1. The molecule has 0 unspecified atom stereocenters. The summed E-state index contributed by atoms with van der Waals surface area (Å²) < 4.78 is 6.13. The molecule has 25 heavy (non-hydrogen) atoms. The van der Waals surface area contributed by atoms with Gasteiger partial charge in [0, 0.05) is 18.7 Å². The van der Waals surface area contributed by atoms with Gasteiger partial charge >= 0.3 is 0 Å². The highest BCUT2D eigenvalue weighted by Gasteiger charge is 2.21. The number of pyridine rings is 1. The SMILES string of the molecule is NNC(=O)c1cc(-c2ccccc2)nc2nc(N3CCOCC3)sc12. The van der Waals surface area contributed by atoms with Crippen molar-refractivity contribution in [3.05, 3.63) is 42.0 Å². The fourth-order valence-corrected chi connectivity index (χ4v) is 3.86. The summed E-state index contributed by atoms with van der Waals surface area (Å²) in [5.74, 6) is 5.03. The maximum atomic E-state index is 12.3. The molecular formula is C17H17N5O2S. The molecule has 0 aliphatic carbocycles. The summed E-state index contributed by atoms with van der Waals surface area (Å²) in [6.45, 7) is 2.91. The fraction of sp³-hybridized carbons (Fsp3) is 0.235. The number of hydrogen-bond donors (Lipinski definition) is 2. The van der Waals surface area contributed by atoms with E-state index in [0.29, 0.717) is 30.1 Å². The molecule has 0 saturated carbocycles. The number of carbonyl (C=O) groups excluding carboxylic acids is 1. The summed E-state index contributed by atoms with van der Waals surface area (Å²) in [4.78, 5) is 23.7.